The number of nitrogens with zero attached hydrogens (tertiary/aromatic N) is 2. The third-order valence-corrected chi connectivity index (χ3v) is 69.5. The Hall–Kier alpha value is -2.04. The fourth-order valence-corrected chi connectivity index (χ4v) is 83.7. The first-order chi connectivity index (χ1) is 26.8. The summed E-state index contributed by atoms with van der Waals surface area (Å²) in [5, 5.41) is 0. The Morgan fingerprint density at radius 2 is 1.00 bits per heavy atom. The van der Waals surface area contributed by atoms with Crippen LogP contribution in [0.25, 0.3) is 12.2 Å². The molecule has 56 heavy (non-hydrogen) atoms. The third kappa shape index (κ3) is 7.63. The Bertz CT molecular complexity index is 2050. The molecule has 0 amide bonds. The Kier molecular flexibility index (Phi) is 14.0. The monoisotopic (exact) mass is 933 g/mol. The topological polar surface area (TPSA) is 6.48 Å². The number of rotatable bonds is 15. The number of fused-ring (bicyclic) bond motifs is 2. The van der Waals surface area contributed by atoms with Crippen molar-refractivity contribution in [1.29, 1.82) is 0 Å². The Balaban J connectivity index is 1.83. The van der Waals surface area contributed by atoms with Crippen LogP contribution in [0.3, 0.4) is 0 Å². The predicted molar refractivity (Wildman–Crippen MR) is 245 cm³/mol. The van der Waals surface area contributed by atoms with E-state index in [-0.39, 0.29) is 5.92 Å². The molecule has 0 fully saturated rings. The molecule has 0 heterocycles. The number of allylic oxidation sites excluding steroid dienone is 2. The second kappa shape index (κ2) is 18.1. The van der Waals surface area contributed by atoms with Crippen molar-refractivity contribution in [1.82, 2.24) is 5.69 Å². The van der Waals surface area contributed by atoms with Crippen LogP contribution >= 0.6 is 0 Å². The molecule has 0 saturated heterocycles. The van der Waals surface area contributed by atoms with E-state index in [4.69, 9.17) is 0 Å². The molecule has 0 radical (unpaired) electrons. The Labute approximate surface area is 350 Å². The first-order valence-electron chi connectivity index (χ1n) is 22.0. The van der Waals surface area contributed by atoms with Crippen LogP contribution in [0.5, 0.6) is 0 Å². The van der Waals surface area contributed by atoms with Gasteiger partial charge < -0.3 is 0 Å². The summed E-state index contributed by atoms with van der Waals surface area (Å²) in [7, 11) is 0. The summed E-state index contributed by atoms with van der Waals surface area (Å²) in [5.74, 6) is 2.16. The van der Waals surface area contributed by atoms with Gasteiger partial charge >= 0.3 is 354 Å². The van der Waals surface area contributed by atoms with E-state index >= 15 is 0 Å². The second-order valence-electron chi connectivity index (χ2n) is 17.9. The molecule has 0 spiro atoms. The summed E-state index contributed by atoms with van der Waals surface area (Å²) in [4.78, 5) is 0. The maximum atomic E-state index is 3.08. The van der Waals surface area contributed by atoms with E-state index in [2.05, 4.69) is 194 Å². The summed E-state index contributed by atoms with van der Waals surface area (Å²) in [6.07, 6.45) is 5.24. The molecule has 3 unspecified atom stereocenters. The molecular weight excluding hydrogens is 863 g/mol. The number of benzene rings is 4. The normalized spacial score (nSPS) is 17.6. The van der Waals surface area contributed by atoms with Gasteiger partial charge in [-0.1, -0.05) is 0 Å². The van der Waals surface area contributed by atoms with Gasteiger partial charge in [0.1, 0.15) is 0 Å². The van der Waals surface area contributed by atoms with Crippen molar-refractivity contribution in [3.05, 3.63) is 140 Å². The molecule has 6 rings (SSSR count). The van der Waals surface area contributed by atoms with Crippen LogP contribution in [-0.4, -0.2) is 45.7 Å². The van der Waals surface area contributed by atoms with Crippen LogP contribution in [0.15, 0.2) is 90.0 Å². The van der Waals surface area contributed by atoms with Crippen molar-refractivity contribution in [2.45, 2.75) is 130 Å². The molecule has 4 aromatic rings. The van der Waals surface area contributed by atoms with Crippen molar-refractivity contribution < 1.29 is 18.2 Å². The van der Waals surface area contributed by atoms with Crippen molar-refractivity contribution in [2.75, 3.05) is 26.2 Å². The molecule has 0 aromatic heterocycles. The van der Waals surface area contributed by atoms with E-state index in [0.29, 0.717) is 27.6 Å². The summed E-state index contributed by atoms with van der Waals surface area (Å²) in [5.41, 5.74) is 16.9. The summed E-state index contributed by atoms with van der Waals surface area (Å²) >= 11 is -6.88. The van der Waals surface area contributed by atoms with Crippen LogP contribution in [-0.2, 0) is 18.2 Å². The third-order valence-electron chi connectivity index (χ3n) is 13.2. The van der Waals surface area contributed by atoms with Gasteiger partial charge in [0.05, 0.1) is 0 Å². The molecule has 4 aromatic carbocycles. The van der Waals surface area contributed by atoms with E-state index in [1.54, 1.807) is 23.9 Å². The van der Waals surface area contributed by atoms with Gasteiger partial charge in [0.15, 0.2) is 0 Å². The van der Waals surface area contributed by atoms with Crippen LogP contribution < -0.4 is 7.16 Å². The van der Waals surface area contributed by atoms with Crippen molar-refractivity contribution in [2.24, 2.45) is 0 Å². The van der Waals surface area contributed by atoms with Gasteiger partial charge in [0, 0.05) is 0 Å². The van der Waals surface area contributed by atoms with E-state index < -0.39 is 32.0 Å². The van der Waals surface area contributed by atoms with Crippen LogP contribution in [0.2, 0.25) is 0 Å². The van der Waals surface area contributed by atoms with Crippen molar-refractivity contribution in [3.8, 4) is 0 Å². The zero-order valence-corrected chi connectivity index (χ0v) is 42.7. The minimum absolute atomic E-state index is 0.258. The van der Waals surface area contributed by atoms with Crippen molar-refractivity contribution >= 4 is 33.1 Å². The Morgan fingerprint density at radius 3 is 1.50 bits per heavy atom. The second-order valence-corrected chi connectivity index (χ2v) is 52.6. The van der Waals surface area contributed by atoms with Gasteiger partial charge in [-0.3, -0.25) is 0 Å². The summed E-state index contributed by atoms with van der Waals surface area (Å²) < 4.78 is 10.0. The molecule has 297 valence electrons. The van der Waals surface area contributed by atoms with E-state index in [0.717, 1.165) is 26.2 Å². The molecule has 2 nitrogen and oxygen atoms in total. The van der Waals surface area contributed by atoms with Gasteiger partial charge in [-0.25, -0.2) is 0 Å². The number of hydrogen-bond acceptors (Lipinski definition) is 2. The molecule has 0 saturated carbocycles. The van der Waals surface area contributed by atoms with Gasteiger partial charge in [0.2, 0.25) is 0 Å². The first kappa shape index (κ1) is 43.5. The minimum atomic E-state index is -4.05. The Morgan fingerprint density at radius 1 is 0.536 bits per heavy atom. The molecule has 0 aliphatic heterocycles. The standard InChI is InChI=1S/C22H25.C16H21.C6H5.2C4H10N.Sn.Zr/c1-14(2)18-12-19(15(3)4)20-11-16(5)22(21(20)13-18)17-9-7-6-8-10-17;1-10(2)13-8-14-6-12(5)7-16(14)15(9-13)11(3)4;1-2-4-6-5-3-1;2*1-3-5-4-2;;/h6-9,11-15,22H,1-5H3;6-11H,1-5H3;1-5H;2*3-4H2,1-2H3;;/q;;;2*-1;;+2. The predicted octanol–water partition coefficient (Wildman–Crippen LogP) is 12.7. The summed E-state index contributed by atoms with van der Waals surface area (Å²) in [6, 6.07) is 32.7. The molecule has 2 aliphatic carbocycles. The van der Waals surface area contributed by atoms with Gasteiger partial charge in [-0.15, -0.1) is 0 Å². The fraction of sp³-hybridized carbons (Fsp3) is 0.462. The SMILES string of the molecule is CC[N](CC)[Zr]([N](CC)CC)[Sn]([c]1ccccc1)([c]1ccccc1C1C(C)=Cc2c(C(C)C)cc(C(C)C)cc21)[CH]1C(C)=Cc2c(C(C)C)cc(C(C)C)cc21. The van der Waals surface area contributed by atoms with Gasteiger partial charge in [0.25, 0.3) is 0 Å². The van der Waals surface area contributed by atoms with Gasteiger partial charge in [-0.05, 0) is 0 Å². The van der Waals surface area contributed by atoms with Crippen LogP contribution in [0, 0.1) is 0 Å². The van der Waals surface area contributed by atoms with E-state index in [1.165, 1.54) is 44.5 Å². The first-order valence-corrected chi connectivity index (χ1v) is 38.4. The maximum absolute atomic E-state index is 4.05. The average Bonchev–Trinajstić information content (AvgIpc) is 3.70. The van der Waals surface area contributed by atoms with E-state index in [1.807, 2.05) is 0 Å². The quantitative estimate of drug-likeness (QED) is 0.110. The van der Waals surface area contributed by atoms with Crippen LogP contribution in [0.4, 0.5) is 0 Å². The molecular formula is C52H71N2SnZr. The zero-order valence-electron chi connectivity index (χ0n) is 37.3. The van der Waals surface area contributed by atoms with E-state index in [9.17, 15) is 0 Å². The van der Waals surface area contributed by atoms with Crippen molar-refractivity contribution in [3.63, 3.8) is 0 Å². The molecule has 3 atom stereocenters. The summed E-state index contributed by atoms with van der Waals surface area (Å²) in [6.45, 7) is 38.4. The average molecular weight is 934 g/mol. The molecule has 0 N–H and O–H groups in total. The van der Waals surface area contributed by atoms with Crippen LogP contribution in [0.1, 0.15) is 181 Å². The number of hydrogen-bond donors (Lipinski definition) is 0. The fourth-order valence-electron chi connectivity index (χ4n) is 10.4. The molecule has 0 bridgehead atoms. The molecule has 2 aliphatic rings. The molecule has 4 heteroatoms. The van der Waals surface area contributed by atoms with Gasteiger partial charge in [-0.2, -0.15) is 0 Å². The zero-order chi connectivity index (χ0) is 40.6.